The van der Waals surface area contributed by atoms with Gasteiger partial charge in [-0.05, 0) is 26.3 Å². The van der Waals surface area contributed by atoms with Gasteiger partial charge in [0, 0.05) is 18.0 Å². The Kier molecular flexibility index (Phi) is 12.7. The second-order valence-electron chi connectivity index (χ2n) is 5.24. The number of carbonyl (C=O) groups is 2. The van der Waals surface area contributed by atoms with Crippen LogP contribution in [-0.4, -0.2) is 49.7 Å². The fourth-order valence-electron chi connectivity index (χ4n) is 2.13. The van der Waals surface area contributed by atoms with Gasteiger partial charge in [-0.2, -0.15) is 0 Å². The van der Waals surface area contributed by atoms with E-state index in [-0.39, 0.29) is 25.5 Å². The van der Waals surface area contributed by atoms with Crippen LogP contribution in [0.15, 0.2) is 24.0 Å². The minimum atomic E-state index is -0.423. The van der Waals surface area contributed by atoms with Crippen molar-refractivity contribution in [1.29, 1.82) is 0 Å². The van der Waals surface area contributed by atoms with Gasteiger partial charge < -0.3 is 25.8 Å². The van der Waals surface area contributed by atoms with Crippen molar-refractivity contribution in [2.75, 3.05) is 20.2 Å². The lowest BCUT2D eigenvalue weighted by Gasteiger charge is -2.26. The summed E-state index contributed by atoms with van der Waals surface area (Å²) in [5, 5.41) is 0. The molecule has 2 atom stereocenters. The number of esters is 1. The van der Waals surface area contributed by atoms with Crippen LogP contribution in [0, 0.1) is 0 Å². The third kappa shape index (κ3) is 8.24. The Morgan fingerprint density at radius 2 is 2.08 bits per heavy atom. The summed E-state index contributed by atoms with van der Waals surface area (Å²) < 4.78 is 10.7. The Balaban J connectivity index is 0.000000952. The summed E-state index contributed by atoms with van der Waals surface area (Å²) in [5.41, 5.74) is 10.4. The standard InChI is InChI=1S/C13H18N2O4.C3H8.CH5N/c14-6-13(17)18-9-11-3-4-12(19-11)15-5-1-2-10(7-15)8-16;1-3-2;1-2/h1,5,7-8,11-12H,2-4,6,9,14H2;3H2,1-2H3;2H2,1H3. The highest BCUT2D eigenvalue weighted by Gasteiger charge is 2.29. The third-order valence-corrected chi connectivity index (χ3v) is 3.11. The zero-order valence-electron chi connectivity index (χ0n) is 14.9. The van der Waals surface area contributed by atoms with Gasteiger partial charge in [0.25, 0.3) is 0 Å². The molecule has 7 heteroatoms. The molecule has 0 spiro atoms. The Morgan fingerprint density at radius 3 is 2.67 bits per heavy atom. The summed E-state index contributed by atoms with van der Waals surface area (Å²) in [6.07, 6.45) is 9.83. The maximum Gasteiger partial charge on any atom is 0.319 e. The van der Waals surface area contributed by atoms with Gasteiger partial charge in [0.1, 0.15) is 19.1 Å². The number of hydrogen-bond acceptors (Lipinski definition) is 7. The minimum Gasteiger partial charge on any atom is -0.462 e. The van der Waals surface area contributed by atoms with Crippen LogP contribution in [0.1, 0.15) is 39.5 Å². The molecule has 4 N–H and O–H groups in total. The molecule has 2 aliphatic rings. The first kappa shape index (κ1) is 22.3. The number of hydrogen-bond donors (Lipinski definition) is 2. The van der Waals surface area contributed by atoms with Crippen LogP contribution in [0.2, 0.25) is 0 Å². The van der Waals surface area contributed by atoms with E-state index in [1.54, 1.807) is 6.20 Å². The SMILES string of the molecule is CCC.CN.NCC(=O)OCC1CCC(N2C=CCC(C=O)=C2)O1. The maximum atomic E-state index is 11.0. The summed E-state index contributed by atoms with van der Waals surface area (Å²) in [6, 6.07) is 0. The van der Waals surface area contributed by atoms with Gasteiger partial charge in [-0.25, -0.2) is 0 Å². The maximum absolute atomic E-state index is 11.0. The Morgan fingerprint density at radius 1 is 1.42 bits per heavy atom. The van der Waals surface area contributed by atoms with Crippen molar-refractivity contribution in [1.82, 2.24) is 4.90 Å². The predicted molar refractivity (Wildman–Crippen MR) is 93.7 cm³/mol. The Hall–Kier alpha value is -1.70. The zero-order chi connectivity index (χ0) is 18.4. The molecule has 7 nitrogen and oxygen atoms in total. The average Bonchev–Trinajstić information content (AvgIpc) is 3.11. The number of allylic oxidation sites excluding steroid dienone is 2. The smallest absolute Gasteiger partial charge is 0.319 e. The number of aldehydes is 1. The highest BCUT2D eigenvalue weighted by molar-refractivity contribution is 5.73. The third-order valence-electron chi connectivity index (χ3n) is 3.11. The summed E-state index contributed by atoms with van der Waals surface area (Å²) in [6.45, 7) is 4.37. The van der Waals surface area contributed by atoms with E-state index in [0.29, 0.717) is 6.42 Å². The van der Waals surface area contributed by atoms with Crippen LogP contribution < -0.4 is 11.5 Å². The highest BCUT2D eigenvalue weighted by Crippen LogP contribution is 2.25. The highest BCUT2D eigenvalue weighted by atomic mass is 16.6. The van der Waals surface area contributed by atoms with Crippen molar-refractivity contribution in [3.05, 3.63) is 24.0 Å². The second-order valence-corrected chi connectivity index (χ2v) is 5.24. The van der Waals surface area contributed by atoms with E-state index in [2.05, 4.69) is 19.6 Å². The number of ether oxygens (including phenoxy) is 2. The molecule has 0 aliphatic carbocycles. The summed E-state index contributed by atoms with van der Waals surface area (Å²) in [5.74, 6) is -0.423. The molecule has 2 aliphatic heterocycles. The molecule has 0 amide bonds. The minimum absolute atomic E-state index is 0.104. The van der Waals surface area contributed by atoms with E-state index >= 15 is 0 Å². The lowest BCUT2D eigenvalue weighted by Crippen LogP contribution is -2.30. The van der Waals surface area contributed by atoms with Crippen LogP contribution in [0.3, 0.4) is 0 Å². The first-order valence-corrected chi connectivity index (χ1v) is 8.33. The summed E-state index contributed by atoms with van der Waals surface area (Å²) in [7, 11) is 1.50. The molecule has 2 unspecified atom stereocenters. The first-order chi connectivity index (χ1) is 11.6. The van der Waals surface area contributed by atoms with Crippen LogP contribution in [0.4, 0.5) is 0 Å². The topological polar surface area (TPSA) is 108 Å². The van der Waals surface area contributed by atoms with Gasteiger partial charge in [-0.1, -0.05) is 26.3 Å². The molecule has 0 saturated carbocycles. The quantitative estimate of drug-likeness (QED) is 0.573. The Bertz CT molecular complexity index is 424. The fraction of sp³-hybridized carbons (Fsp3) is 0.647. The van der Waals surface area contributed by atoms with E-state index in [1.165, 1.54) is 13.5 Å². The van der Waals surface area contributed by atoms with Gasteiger partial charge in [0.2, 0.25) is 0 Å². The van der Waals surface area contributed by atoms with Crippen LogP contribution in [0.5, 0.6) is 0 Å². The van der Waals surface area contributed by atoms with Gasteiger partial charge in [-0.3, -0.25) is 9.59 Å². The molecule has 0 aromatic rings. The van der Waals surface area contributed by atoms with Crippen molar-refractivity contribution < 1.29 is 19.1 Å². The number of carbonyl (C=O) groups excluding carboxylic acids is 2. The predicted octanol–water partition coefficient (Wildman–Crippen LogP) is 1.29. The van der Waals surface area contributed by atoms with Gasteiger partial charge >= 0.3 is 5.97 Å². The molecular formula is C17H31N3O4. The lowest BCUT2D eigenvalue weighted by molar-refractivity contribution is -0.146. The number of nitrogens with zero attached hydrogens (tertiary/aromatic N) is 1. The molecule has 0 aromatic carbocycles. The number of nitrogens with two attached hydrogens (primary N) is 2. The zero-order valence-corrected chi connectivity index (χ0v) is 14.9. The number of rotatable bonds is 5. The first-order valence-electron chi connectivity index (χ1n) is 8.33. The second kappa shape index (κ2) is 13.7. The van der Waals surface area contributed by atoms with E-state index in [1.807, 2.05) is 17.2 Å². The molecule has 1 fully saturated rings. The van der Waals surface area contributed by atoms with Gasteiger partial charge in [0.05, 0.1) is 12.6 Å². The van der Waals surface area contributed by atoms with Crippen molar-refractivity contribution in [2.24, 2.45) is 11.5 Å². The van der Waals surface area contributed by atoms with Gasteiger partial charge in [-0.15, -0.1) is 0 Å². The van der Waals surface area contributed by atoms with E-state index in [4.69, 9.17) is 15.2 Å². The van der Waals surface area contributed by atoms with E-state index in [0.717, 1.165) is 24.7 Å². The van der Waals surface area contributed by atoms with Crippen molar-refractivity contribution in [3.63, 3.8) is 0 Å². The molecule has 0 bridgehead atoms. The van der Waals surface area contributed by atoms with Crippen LogP contribution in [-0.2, 0) is 19.1 Å². The normalized spacial score (nSPS) is 21.7. The molecule has 2 heterocycles. The molecule has 0 aromatic heterocycles. The molecule has 1 saturated heterocycles. The summed E-state index contributed by atoms with van der Waals surface area (Å²) >= 11 is 0. The molecule has 24 heavy (non-hydrogen) atoms. The monoisotopic (exact) mass is 341 g/mol. The molecule has 0 radical (unpaired) electrons. The van der Waals surface area contributed by atoms with E-state index in [9.17, 15) is 9.59 Å². The lowest BCUT2D eigenvalue weighted by atomic mass is 10.1. The van der Waals surface area contributed by atoms with Gasteiger partial charge in [0.15, 0.2) is 0 Å². The largest absolute Gasteiger partial charge is 0.462 e. The van der Waals surface area contributed by atoms with E-state index < -0.39 is 5.97 Å². The van der Waals surface area contributed by atoms with Crippen molar-refractivity contribution >= 4 is 12.3 Å². The molecule has 2 rings (SSSR count). The van der Waals surface area contributed by atoms with Crippen molar-refractivity contribution in [2.45, 2.75) is 51.9 Å². The molecular weight excluding hydrogens is 310 g/mol. The van der Waals surface area contributed by atoms with Crippen LogP contribution in [0.25, 0.3) is 0 Å². The fourth-order valence-corrected chi connectivity index (χ4v) is 2.13. The molecule has 138 valence electrons. The van der Waals surface area contributed by atoms with Crippen LogP contribution >= 0.6 is 0 Å². The average molecular weight is 341 g/mol. The summed E-state index contributed by atoms with van der Waals surface area (Å²) in [4.78, 5) is 23.6. The van der Waals surface area contributed by atoms with Crippen molar-refractivity contribution in [3.8, 4) is 0 Å². The Labute approximate surface area is 144 Å².